The highest BCUT2D eigenvalue weighted by Gasteiger charge is 2.35. The molecule has 0 unspecified atom stereocenters. The Balaban J connectivity index is 1.90. The van der Waals surface area contributed by atoms with Crippen LogP contribution in [0.25, 0.3) is 0 Å². The molecule has 0 saturated heterocycles. The van der Waals surface area contributed by atoms with E-state index < -0.39 is 11.8 Å². The second-order valence-corrected chi connectivity index (χ2v) is 4.70. The highest BCUT2D eigenvalue weighted by molar-refractivity contribution is 6.30. The van der Waals surface area contributed by atoms with E-state index in [-0.39, 0.29) is 0 Å². The number of fused-ring (bicyclic) bond motifs is 1. The minimum Gasteiger partial charge on any atom is -0.267 e. The number of benzene rings is 2. The number of nitrogens with zero attached hydrogens (tertiary/aromatic N) is 2. The summed E-state index contributed by atoms with van der Waals surface area (Å²) in [6.07, 6.45) is 1.44. The third-order valence-corrected chi connectivity index (χ3v) is 3.18. The van der Waals surface area contributed by atoms with Gasteiger partial charge in [0.2, 0.25) is 0 Å². The highest BCUT2D eigenvalue weighted by atomic mass is 35.5. The topological polar surface area (TPSA) is 49.7 Å². The molecule has 98 valence electrons. The molecule has 0 N–H and O–H groups in total. The maximum absolute atomic E-state index is 12.1. The molecule has 0 aliphatic carbocycles. The fourth-order valence-corrected chi connectivity index (χ4v) is 2.19. The Hall–Kier alpha value is -2.46. The minimum atomic E-state index is -0.413. The van der Waals surface area contributed by atoms with Crippen molar-refractivity contribution >= 4 is 29.6 Å². The molecule has 3 rings (SSSR count). The van der Waals surface area contributed by atoms with Gasteiger partial charge in [-0.2, -0.15) is 10.1 Å². The second-order valence-electron chi connectivity index (χ2n) is 4.27. The number of hydrogen-bond acceptors (Lipinski definition) is 3. The maximum atomic E-state index is 12.1. The number of rotatable bonds is 2. The Labute approximate surface area is 120 Å². The summed E-state index contributed by atoms with van der Waals surface area (Å²) < 4.78 is 0. The molecule has 0 fully saturated rings. The van der Waals surface area contributed by atoms with Crippen molar-refractivity contribution in [3.05, 3.63) is 70.2 Å². The lowest BCUT2D eigenvalue weighted by atomic mass is 10.1. The molecule has 1 aliphatic heterocycles. The van der Waals surface area contributed by atoms with Gasteiger partial charge in [-0.25, -0.2) is 0 Å². The van der Waals surface area contributed by atoms with Gasteiger partial charge in [0.05, 0.1) is 17.3 Å². The van der Waals surface area contributed by atoms with Crippen LogP contribution < -0.4 is 0 Å². The van der Waals surface area contributed by atoms with Gasteiger partial charge >= 0.3 is 0 Å². The fraction of sp³-hybridized carbons (Fsp3) is 0. The first-order valence-electron chi connectivity index (χ1n) is 5.94. The smallest absolute Gasteiger partial charge is 0.267 e. The second kappa shape index (κ2) is 4.90. The van der Waals surface area contributed by atoms with Crippen LogP contribution in [-0.2, 0) is 0 Å². The Bertz CT molecular complexity index is 705. The van der Waals surface area contributed by atoms with Crippen LogP contribution in [0.2, 0.25) is 5.02 Å². The summed E-state index contributed by atoms with van der Waals surface area (Å²) in [4.78, 5) is 24.1. The molecule has 2 amide bonds. The van der Waals surface area contributed by atoms with Gasteiger partial charge in [-0.3, -0.25) is 9.59 Å². The van der Waals surface area contributed by atoms with Gasteiger partial charge < -0.3 is 0 Å². The molecule has 0 radical (unpaired) electrons. The lowest BCUT2D eigenvalue weighted by Gasteiger charge is -2.05. The van der Waals surface area contributed by atoms with Gasteiger partial charge in [0.25, 0.3) is 11.8 Å². The van der Waals surface area contributed by atoms with E-state index in [1.54, 1.807) is 48.5 Å². The minimum absolute atomic E-state index is 0.376. The number of halogens is 1. The van der Waals surface area contributed by atoms with E-state index in [1.165, 1.54) is 6.21 Å². The quantitative estimate of drug-likeness (QED) is 0.629. The molecule has 5 heteroatoms. The van der Waals surface area contributed by atoms with E-state index in [9.17, 15) is 9.59 Å². The molecule has 2 aromatic carbocycles. The average Bonchev–Trinajstić information content (AvgIpc) is 2.70. The molecule has 4 nitrogen and oxygen atoms in total. The van der Waals surface area contributed by atoms with Crippen molar-refractivity contribution in [3.63, 3.8) is 0 Å². The van der Waals surface area contributed by atoms with Gasteiger partial charge in [0.1, 0.15) is 0 Å². The van der Waals surface area contributed by atoms with Crippen LogP contribution in [0.3, 0.4) is 0 Å². The summed E-state index contributed by atoms with van der Waals surface area (Å²) in [5, 5.41) is 5.39. The van der Waals surface area contributed by atoms with Gasteiger partial charge in [-0.05, 0) is 29.8 Å². The SMILES string of the molecule is O=C1c2ccccc2C(=O)N1/N=C\c1cccc(Cl)c1. The Morgan fingerprint density at radius 1 is 0.950 bits per heavy atom. The number of hydrazone groups is 1. The predicted octanol–water partition coefficient (Wildman–Crippen LogP) is 2.97. The number of hydrogen-bond donors (Lipinski definition) is 0. The van der Waals surface area contributed by atoms with Crippen molar-refractivity contribution < 1.29 is 9.59 Å². The first-order valence-corrected chi connectivity index (χ1v) is 6.32. The van der Waals surface area contributed by atoms with E-state index in [4.69, 9.17) is 11.6 Å². The van der Waals surface area contributed by atoms with Crippen LogP contribution in [-0.4, -0.2) is 23.0 Å². The van der Waals surface area contributed by atoms with Crippen molar-refractivity contribution in [2.75, 3.05) is 0 Å². The third-order valence-electron chi connectivity index (χ3n) is 2.94. The molecule has 2 aromatic rings. The van der Waals surface area contributed by atoms with Crippen LogP contribution >= 0.6 is 11.6 Å². The van der Waals surface area contributed by atoms with E-state index in [0.29, 0.717) is 21.7 Å². The predicted molar refractivity (Wildman–Crippen MR) is 76.0 cm³/mol. The molecule has 0 aromatic heterocycles. The van der Waals surface area contributed by atoms with Crippen molar-refractivity contribution in [2.45, 2.75) is 0 Å². The number of imide groups is 1. The maximum Gasteiger partial charge on any atom is 0.282 e. The van der Waals surface area contributed by atoms with E-state index in [0.717, 1.165) is 5.01 Å². The lowest BCUT2D eigenvalue weighted by Crippen LogP contribution is -2.23. The normalized spacial score (nSPS) is 14.2. The van der Waals surface area contributed by atoms with E-state index in [2.05, 4.69) is 5.10 Å². The van der Waals surface area contributed by atoms with Crippen molar-refractivity contribution in [1.29, 1.82) is 0 Å². The highest BCUT2D eigenvalue weighted by Crippen LogP contribution is 2.22. The molecule has 0 bridgehead atoms. The largest absolute Gasteiger partial charge is 0.282 e. The van der Waals surface area contributed by atoms with Crippen LogP contribution in [0, 0.1) is 0 Å². The monoisotopic (exact) mass is 284 g/mol. The summed E-state index contributed by atoms with van der Waals surface area (Å²) in [5.41, 5.74) is 1.47. The average molecular weight is 285 g/mol. The molecule has 0 spiro atoms. The molecule has 1 heterocycles. The number of carbonyl (C=O) groups is 2. The molecule has 0 atom stereocenters. The van der Waals surface area contributed by atoms with Crippen LogP contribution in [0.1, 0.15) is 26.3 Å². The number of amides is 2. The molecular formula is C15H9ClN2O2. The standard InChI is InChI=1S/C15H9ClN2O2/c16-11-5-3-4-10(8-11)9-17-18-14(19)12-6-1-2-7-13(12)15(18)20/h1-9H/b17-9-. The van der Waals surface area contributed by atoms with Crippen LogP contribution in [0.15, 0.2) is 53.6 Å². The van der Waals surface area contributed by atoms with Gasteiger partial charge in [-0.1, -0.05) is 35.9 Å². The van der Waals surface area contributed by atoms with Crippen LogP contribution in [0.4, 0.5) is 0 Å². The molecule has 1 aliphatic rings. The lowest BCUT2D eigenvalue weighted by molar-refractivity contribution is 0.0660. The number of carbonyl (C=O) groups excluding carboxylic acids is 2. The Kier molecular flexibility index (Phi) is 3.08. The van der Waals surface area contributed by atoms with Crippen molar-refractivity contribution in [3.8, 4) is 0 Å². The summed E-state index contributed by atoms with van der Waals surface area (Å²) in [6, 6.07) is 13.7. The third kappa shape index (κ3) is 2.10. The van der Waals surface area contributed by atoms with E-state index in [1.807, 2.05) is 0 Å². The van der Waals surface area contributed by atoms with Crippen LogP contribution in [0.5, 0.6) is 0 Å². The fourth-order valence-electron chi connectivity index (χ4n) is 1.99. The zero-order chi connectivity index (χ0) is 14.1. The first kappa shape index (κ1) is 12.6. The first-order chi connectivity index (χ1) is 9.66. The van der Waals surface area contributed by atoms with Crippen molar-refractivity contribution in [2.24, 2.45) is 5.10 Å². The summed E-state index contributed by atoms with van der Waals surface area (Å²) in [5.74, 6) is -0.826. The Morgan fingerprint density at radius 3 is 2.20 bits per heavy atom. The van der Waals surface area contributed by atoms with E-state index >= 15 is 0 Å². The summed E-state index contributed by atoms with van der Waals surface area (Å²) in [7, 11) is 0. The molecular weight excluding hydrogens is 276 g/mol. The Morgan fingerprint density at radius 2 is 1.60 bits per heavy atom. The van der Waals surface area contributed by atoms with Gasteiger partial charge in [-0.15, -0.1) is 0 Å². The molecule has 0 saturated carbocycles. The van der Waals surface area contributed by atoms with Gasteiger partial charge in [0.15, 0.2) is 0 Å². The summed E-state index contributed by atoms with van der Waals surface area (Å²) >= 11 is 5.86. The van der Waals surface area contributed by atoms with Gasteiger partial charge in [0, 0.05) is 5.02 Å². The zero-order valence-corrected chi connectivity index (χ0v) is 11.0. The molecule has 20 heavy (non-hydrogen) atoms. The van der Waals surface area contributed by atoms with Crippen molar-refractivity contribution in [1.82, 2.24) is 5.01 Å². The summed E-state index contributed by atoms with van der Waals surface area (Å²) in [6.45, 7) is 0. The zero-order valence-electron chi connectivity index (χ0n) is 10.3.